The van der Waals surface area contributed by atoms with Gasteiger partial charge in [-0.3, -0.25) is 9.78 Å². The van der Waals surface area contributed by atoms with Gasteiger partial charge in [0.05, 0.1) is 11.6 Å². The van der Waals surface area contributed by atoms with Gasteiger partial charge in [-0.25, -0.2) is 0 Å². The van der Waals surface area contributed by atoms with Crippen molar-refractivity contribution >= 4 is 5.97 Å². The largest absolute Gasteiger partial charge is 0.458 e. The number of pyridine rings is 1. The van der Waals surface area contributed by atoms with E-state index in [0.29, 0.717) is 11.8 Å². The van der Waals surface area contributed by atoms with Crippen molar-refractivity contribution in [3.8, 4) is 0 Å². The van der Waals surface area contributed by atoms with E-state index in [0.717, 1.165) is 30.5 Å². The SMILES string of the molecule is CC(=O)O[C@@H]1[CH][C@@]2(O)[C@H](C)CC[C@@H](C(C)CNC(c3ccccc3)c3cccnc3)[C@H]2C=C1C. The molecule has 0 spiro atoms. The molecule has 181 valence electrons. The van der Waals surface area contributed by atoms with Crippen LogP contribution in [0.25, 0.3) is 0 Å². The maximum atomic E-state index is 11.8. The number of nitrogens with zero attached hydrogens (tertiary/aromatic N) is 1. The van der Waals surface area contributed by atoms with Crippen LogP contribution in [0.2, 0.25) is 0 Å². The lowest BCUT2D eigenvalue weighted by Gasteiger charge is -2.52. The van der Waals surface area contributed by atoms with Crippen LogP contribution < -0.4 is 5.32 Å². The van der Waals surface area contributed by atoms with E-state index in [1.54, 1.807) is 6.20 Å². The first-order chi connectivity index (χ1) is 16.3. The lowest BCUT2D eigenvalue weighted by atomic mass is 9.57. The molecule has 2 aromatic rings. The number of rotatable bonds is 7. The van der Waals surface area contributed by atoms with Crippen molar-refractivity contribution in [3.63, 3.8) is 0 Å². The number of carbonyl (C=O) groups excluding carboxylic acids is 1. The Labute approximate surface area is 203 Å². The van der Waals surface area contributed by atoms with Gasteiger partial charge in [-0.2, -0.15) is 0 Å². The zero-order valence-corrected chi connectivity index (χ0v) is 20.6. The summed E-state index contributed by atoms with van der Waals surface area (Å²) in [4.78, 5) is 15.9. The average Bonchev–Trinajstić information content (AvgIpc) is 2.82. The molecular formula is C29H37N2O3. The molecule has 0 amide bonds. The van der Waals surface area contributed by atoms with E-state index < -0.39 is 11.7 Å². The Morgan fingerprint density at radius 3 is 2.62 bits per heavy atom. The number of hydrogen-bond acceptors (Lipinski definition) is 5. The van der Waals surface area contributed by atoms with Gasteiger partial charge < -0.3 is 15.2 Å². The Morgan fingerprint density at radius 1 is 1.21 bits per heavy atom. The molecule has 1 aromatic heterocycles. The molecule has 1 aromatic carbocycles. The van der Waals surface area contributed by atoms with Gasteiger partial charge in [-0.1, -0.05) is 56.3 Å². The van der Waals surface area contributed by atoms with Crippen molar-refractivity contribution in [1.82, 2.24) is 10.3 Å². The van der Waals surface area contributed by atoms with E-state index in [4.69, 9.17) is 4.74 Å². The van der Waals surface area contributed by atoms with E-state index in [2.05, 4.69) is 60.6 Å². The molecule has 4 rings (SSSR count). The number of aromatic nitrogens is 1. The van der Waals surface area contributed by atoms with E-state index in [1.165, 1.54) is 12.5 Å². The summed E-state index contributed by atoms with van der Waals surface area (Å²) in [6.07, 6.45) is 9.33. The van der Waals surface area contributed by atoms with Crippen LogP contribution in [0, 0.1) is 30.1 Å². The normalized spacial score (nSPS) is 30.6. The van der Waals surface area contributed by atoms with Crippen LogP contribution in [0.15, 0.2) is 66.5 Å². The number of esters is 1. The topological polar surface area (TPSA) is 71.5 Å². The number of aliphatic hydroxyl groups is 1. The van der Waals surface area contributed by atoms with Crippen molar-refractivity contribution in [2.75, 3.05) is 6.54 Å². The lowest BCUT2D eigenvalue weighted by molar-refractivity contribution is -0.148. The van der Waals surface area contributed by atoms with Crippen LogP contribution in [0.1, 0.15) is 57.7 Å². The molecule has 0 bridgehead atoms. The van der Waals surface area contributed by atoms with Crippen LogP contribution in [0.3, 0.4) is 0 Å². The summed E-state index contributed by atoms with van der Waals surface area (Å²) in [6, 6.07) is 14.6. The highest BCUT2D eigenvalue weighted by molar-refractivity contribution is 5.66. The summed E-state index contributed by atoms with van der Waals surface area (Å²) >= 11 is 0. The molecule has 5 nitrogen and oxygen atoms in total. The Kier molecular flexibility index (Phi) is 7.54. The summed E-state index contributed by atoms with van der Waals surface area (Å²) in [6.45, 7) is 8.62. The second kappa shape index (κ2) is 10.4. The number of nitrogens with one attached hydrogen (secondary N) is 1. The molecular weight excluding hydrogens is 424 g/mol. The fourth-order valence-corrected chi connectivity index (χ4v) is 5.83. The average molecular weight is 462 g/mol. The molecule has 1 heterocycles. The minimum Gasteiger partial charge on any atom is -0.458 e. The highest BCUT2D eigenvalue weighted by Crippen LogP contribution is 2.50. The van der Waals surface area contributed by atoms with Gasteiger partial charge >= 0.3 is 5.97 Å². The molecule has 1 fully saturated rings. The molecule has 0 aliphatic heterocycles. The minimum absolute atomic E-state index is 0.00780. The van der Waals surface area contributed by atoms with Crippen molar-refractivity contribution < 1.29 is 14.6 Å². The number of carbonyl (C=O) groups is 1. The molecule has 0 saturated heterocycles. The molecule has 34 heavy (non-hydrogen) atoms. The second-order valence-electron chi connectivity index (χ2n) is 10.2. The monoisotopic (exact) mass is 461 g/mol. The standard InChI is InChI=1S/C29H37N2O3/c1-19-15-26-25(13-12-21(3)29(26,33)16-27(19)34-22(4)32)20(2)17-31-28(23-9-6-5-7-10-23)24-11-8-14-30-18-24/h5-11,14-16,18,20-21,25-28,31,33H,12-13,17H2,1-4H3/t20?,21-,25+,26-,27-,28?,29-/m1/s1. The first kappa shape index (κ1) is 24.6. The predicted molar refractivity (Wildman–Crippen MR) is 134 cm³/mol. The number of benzene rings is 1. The van der Waals surface area contributed by atoms with Gasteiger partial charge in [0, 0.05) is 31.7 Å². The first-order valence-corrected chi connectivity index (χ1v) is 12.4. The zero-order valence-electron chi connectivity index (χ0n) is 20.6. The van der Waals surface area contributed by atoms with Crippen molar-refractivity contribution in [2.45, 2.75) is 58.3 Å². The fourth-order valence-electron chi connectivity index (χ4n) is 5.83. The van der Waals surface area contributed by atoms with E-state index in [-0.39, 0.29) is 23.8 Å². The van der Waals surface area contributed by atoms with Gasteiger partial charge in [-0.15, -0.1) is 0 Å². The smallest absolute Gasteiger partial charge is 0.303 e. The van der Waals surface area contributed by atoms with Crippen LogP contribution in [-0.4, -0.2) is 34.3 Å². The number of hydrogen-bond donors (Lipinski definition) is 2. The summed E-state index contributed by atoms with van der Waals surface area (Å²) in [7, 11) is 0. The number of fused-ring (bicyclic) bond motifs is 1. The molecule has 5 heteroatoms. The van der Waals surface area contributed by atoms with Gasteiger partial charge in [0.2, 0.25) is 0 Å². The molecule has 2 N–H and O–H groups in total. The second-order valence-corrected chi connectivity index (χ2v) is 10.2. The van der Waals surface area contributed by atoms with E-state index >= 15 is 0 Å². The van der Waals surface area contributed by atoms with E-state index in [1.807, 2.05) is 31.7 Å². The van der Waals surface area contributed by atoms with Crippen molar-refractivity contribution in [3.05, 3.63) is 84.1 Å². The maximum absolute atomic E-state index is 11.8. The predicted octanol–water partition coefficient (Wildman–Crippen LogP) is 4.89. The minimum atomic E-state index is -0.973. The van der Waals surface area contributed by atoms with Crippen LogP contribution in [0.4, 0.5) is 0 Å². The summed E-state index contributed by atoms with van der Waals surface area (Å²) in [5.74, 6) is 0.464. The highest BCUT2D eigenvalue weighted by atomic mass is 16.5. The van der Waals surface area contributed by atoms with E-state index in [9.17, 15) is 9.90 Å². The third-order valence-corrected chi connectivity index (χ3v) is 7.85. The quantitative estimate of drug-likeness (QED) is 0.454. The summed E-state index contributed by atoms with van der Waals surface area (Å²) in [5, 5.41) is 15.6. The summed E-state index contributed by atoms with van der Waals surface area (Å²) in [5.41, 5.74) is 2.38. The van der Waals surface area contributed by atoms with Crippen LogP contribution in [-0.2, 0) is 9.53 Å². The Balaban J connectivity index is 1.53. The van der Waals surface area contributed by atoms with Crippen molar-refractivity contribution in [2.24, 2.45) is 23.7 Å². The third-order valence-electron chi connectivity index (χ3n) is 7.85. The van der Waals surface area contributed by atoms with Gasteiger partial charge in [0.25, 0.3) is 0 Å². The van der Waals surface area contributed by atoms with Gasteiger partial charge in [-0.05, 0) is 66.8 Å². The molecule has 2 aliphatic carbocycles. The third kappa shape index (κ3) is 5.11. The molecule has 1 radical (unpaired) electrons. The first-order valence-electron chi connectivity index (χ1n) is 12.4. The highest BCUT2D eigenvalue weighted by Gasteiger charge is 2.53. The van der Waals surface area contributed by atoms with Gasteiger partial charge in [0.1, 0.15) is 6.10 Å². The summed E-state index contributed by atoms with van der Waals surface area (Å²) < 4.78 is 5.50. The Morgan fingerprint density at radius 2 is 1.94 bits per heavy atom. The molecule has 2 aliphatic rings. The van der Waals surface area contributed by atoms with Gasteiger partial charge in [0.15, 0.2) is 0 Å². The fraction of sp³-hybridized carbons (Fsp3) is 0.483. The van der Waals surface area contributed by atoms with Crippen LogP contribution >= 0.6 is 0 Å². The zero-order chi connectivity index (χ0) is 24.3. The van der Waals surface area contributed by atoms with Crippen LogP contribution in [0.5, 0.6) is 0 Å². The molecule has 7 atom stereocenters. The number of ether oxygens (including phenoxy) is 1. The molecule has 1 saturated carbocycles. The Hall–Kier alpha value is -2.50. The Bertz CT molecular complexity index is 953. The lowest BCUT2D eigenvalue weighted by Crippen LogP contribution is -2.56. The molecule has 2 unspecified atom stereocenters. The maximum Gasteiger partial charge on any atom is 0.303 e. The van der Waals surface area contributed by atoms with Crippen molar-refractivity contribution in [1.29, 1.82) is 0 Å².